The fraction of sp³-hybridized carbons (Fsp3) is 0.500. The molecule has 0 radical (unpaired) electrons. The molecule has 0 atom stereocenters. The molecule has 0 saturated heterocycles. The SMILES string of the molecule is CCC.Cc1ccnnc1N. The van der Waals surface area contributed by atoms with E-state index in [1.54, 1.807) is 6.20 Å². The van der Waals surface area contributed by atoms with E-state index in [1.165, 1.54) is 6.42 Å². The first-order valence-corrected chi connectivity index (χ1v) is 3.76. The van der Waals surface area contributed by atoms with Crippen molar-refractivity contribution < 1.29 is 0 Å². The van der Waals surface area contributed by atoms with Crippen LogP contribution in [0.25, 0.3) is 0 Å². The van der Waals surface area contributed by atoms with Gasteiger partial charge >= 0.3 is 0 Å². The molecular weight excluding hydrogens is 138 g/mol. The van der Waals surface area contributed by atoms with Crippen molar-refractivity contribution >= 4 is 5.82 Å². The van der Waals surface area contributed by atoms with Crippen LogP contribution in [0.4, 0.5) is 5.82 Å². The zero-order chi connectivity index (χ0) is 8.69. The largest absolute Gasteiger partial charge is 0.382 e. The molecule has 3 nitrogen and oxygen atoms in total. The number of aromatic nitrogens is 2. The third-order valence-corrected chi connectivity index (χ3v) is 0.961. The van der Waals surface area contributed by atoms with Crippen LogP contribution in [-0.2, 0) is 0 Å². The van der Waals surface area contributed by atoms with Crippen molar-refractivity contribution in [1.29, 1.82) is 0 Å². The van der Waals surface area contributed by atoms with Gasteiger partial charge in [-0.15, -0.1) is 5.10 Å². The van der Waals surface area contributed by atoms with Crippen LogP contribution in [0.15, 0.2) is 12.3 Å². The zero-order valence-electron chi connectivity index (χ0n) is 7.33. The van der Waals surface area contributed by atoms with Crippen LogP contribution in [0, 0.1) is 6.92 Å². The Balaban J connectivity index is 0.000000292. The van der Waals surface area contributed by atoms with Crippen molar-refractivity contribution in [2.75, 3.05) is 5.73 Å². The number of aryl methyl sites for hydroxylation is 1. The molecule has 0 aromatic carbocycles. The van der Waals surface area contributed by atoms with E-state index >= 15 is 0 Å². The average Bonchev–Trinajstić information content (AvgIpc) is 1.97. The molecule has 1 rings (SSSR count). The van der Waals surface area contributed by atoms with Gasteiger partial charge in [0.05, 0.1) is 6.20 Å². The maximum atomic E-state index is 5.35. The van der Waals surface area contributed by atoms with Gasteiger partial charge in [0.2, 0.25) is 0 Å². The van der Waals surface area contributed by atoms with Crippen molar-refractivity contribution in [1.82, 2.24) is 10.2 Å². The molecule has 0 aliphatic heterocycles. The van der Waals surface area contributed by atoms with Gasteiger partial charge in [0, 0.05) is 0 Å². The number of nitrogens with zero attached hydrogens (tertiary/aromatic N) is 2. The van der Waals surface area contributed by atoms with Gasteiger partial charge in [-0.1, -0.05) is 20.3 Å². The van der Waals surface area contributed by atoms with Crippen LogP contribution in [0.2, 0.25) is 0 Å². The summed E-state index contributed by atoms with van der Waals surface area (Å²) in [6, 6.07) is 1.82. The summed E-state index contributed by atoms with van der Waals surface area (Å²) in [6.45, 7) is 6.14. The molecule has 1 heterocycles. The van der Waals surface area contributed by atoms with E-state index in [-0.39, 0.29) is 0 Å². The summed E-state index contributed by atoms with van der Waals surface area (Å²) in [4.78, 5) is 0. The van der Waals surface area contributed by atoms with Crippen LogP contribution in [0.3, 0.4) is 0 Å². The minimum atomic E-state index is 0.507. The topological polar surface area (TPSA) is 51.8 Å². The summed E-state index contributed by atoms with van der Waals surface area (Å²) in [7, 11) is 0. The summed E-state index contributed by atoms with van der Waals surface area (Å²) in [5, 5.41) is 7.18. The predicted octanol–water partition coefficient (Wildman–Crippen LogP) is 1.78. The molecule has 0 aliphatic rings. The lowest BCUT2D eigenvalue weighted by Crippen LogP contribution is -1.93. The van der Waals surface area contributed by atoms with Crippen LogP contribution in [-0.4, -0.2) is 10.2 Å². The number of hydrogen-bond acceptors (Lipinski definition) is 3. The predicted molar refractivity (Wildman–Crippen MR) is 47.1 cm³/mol. The van der Waals surface area contributed by atoms with Gasteiger partial charge in [0.1, 0.15) is 5.82 Å². The molecule has 0 spiro atoms. The minimum absolute atomic E-state index is 0.507. The molecule has 1 aromatic rings. The normalized spacial score (nSPS) is 8.27. The fourth-order valence-corrected chi connectivity index (χ4v) is 0.405. The third-order valence-electron chi connectivity index (χ3n) is 0.961. The van der Waals surface area contributed by atoms with E-state index in [0.29, 0.717) is 5.82 Å². The molecule has 1 aromatic heterocycles. The van der Waals surface area contributed by atoms with Crippen molar-refractivity contribution in [3.63, 3.8) is 0 Å². The standard InChI is InChI=1S/C5H7N3.C3H8/c1-4-2-3-7-8-5(4)6;1-3-2/h2-3H,1H3,(H2,6,8);3H2,1-2H3. The number of hydrogen-bond donors (Lipinski definition) is 1. The highest BCUT2D eigenvalue weighted by Crippen LogP contribution is 1.99. The molecule has 2 N–H and O–H groups in total. The number of rotatable bonds is 0. The van der Waals surface area contributed by atoms with E-state index in [2.05, 4.69) is 24.0 Å². The molecule has 11 heavy (non-hydrogen) atoms. The number of nitrogen functional groups attached to an aromatic ring is 1. The second-order valence-electron chi connectivity index (χ2n) is 2.31. The van der Waals surface area contributed by atoms with Gasteiger partial charge in [-0.2, -0.15) is 5.10 Å². The molecule has 0 aliphatic carbocycles. The molecule has 0 saturated carbocycles. The Kier molecular flexibility index (Phi) is 5.07. The number of anilines is 1. The van der Waals surface area contributed by atoms with E-state index < -0.39 is 0 Å². The van der Waals surface area contributed by atoms with Gasteiger partial charge in [-0.25, -0.2) is 0 Å². The summed E-state index contributed by atoms with van der Waals surface area (Å²) < 4.78 is 0. The number of nitrogens with two attached hydrogens (primary N) is 1. The Morgan fingerprint density at radius 3 is 2.27 bits per heavy atom. The maximum absolute atomic E-state index is 5.35. The lowest BCUT2D eigenvalue weighted by molar-refractivity contribution is 1.03. The lowest BCUT2D eigenvalue weighted by Gasteiger charge is -1.91. The lowest BCUT2D eigenvalue weighted by atomic mass is 10.3. The Labute approximate surface area is 67.6 Å². The molecule has 62 valence electrons. The highest BCUT2D eigenvalue weighted by Gasteiger charge is 1.87. The average molecular weight is 153 g/mol. The summed E-state index contributed by atoms with van der Waals surface area (Å²) >= 11 is 0. The maximum Gasteiger partial charge on any atom is 0.148 e. The molecule has 3 heteroatoms. The first-order valence-electron chi connectivity index (χ1n) is 3.76. The van der Waals surface area contributed by atoms with Crippen molar-refractivity contribution in [2.24, 2.45) is 0 Å². The molecule has 0 fully saturated rings. The van der Waals surface area contributed by atoms with Gasteiger partial charge in [-0.05, 0) is 18.6 Å². The Hall–Kier alpha value is -1.12. The minimum Gasteiger partial charge on any atom is -0.382 e. The highest BCUT2D eigenvalue weighted by atomic mass is 15.1. The first kappa shape index (κ1) is 9.88. The van der Waals surface area contributed by atoms with Crippen LogP contribution in [0.1, 0.15) is 25.8 Å². The quantitative estimate of drug-likeness (QED) is 0.618. The van der Waals surface area contributed by atoms with Gasteiger partial charge in [0.25, 0.3) is 0 Å². The molecular formula is C8H15N3. The molecule has 0 bridgehead atoms. The highest BCUT2D eigenvalue weighted by molar-refractivity contribution is 5.34. The summed E-state index contributed by atoms with van der Waals surface area (Å²) in [5.41, 5.74) is 6.32. The first-order chi connectivity index (χ1) is 5.22. The van der Waals surface area contributed by atoms with E-state index in [0.717, 1.165) is 5.56 Å². The smallest absolute Gasteiger partial charge is 0.148 e. The Bertz CT molecular complexity index is 177. The van der Waals surface area contributed by atoms with Crippen molar-refractivity contribution in [3.05, 3.63) is 17.8 Å². The van der Waals surface area contributed by atoms with Crippen LogP contribution < -0.4 is 5.73 Å². The van der Waals surface area contributed by atoms with Crippen molar-refractivity contribution in [3.8, 4) is 0 Å². The second-order valence-corrected chi connectivity index (χ2v) is 2.31. The van der Waals surface area contributed by atoms with E-state index in [9.17, 15) is 0 Å². The molecule has 0 amide bonds. The fourth-order valence-electron chi connectivity index (χ4n) is 0.405. The van der Waals surface area contributed by atoms with Crippen LogP contribution in [0.5, 0.6) is 0 Å². The van der Waals surface area contributed by atoms with E-state index in [1.807, 2.05) is 13.0 Å². The third kappa shape index (κ3) is 4.31. The van der Waals surface area contributed by atoms with Crippen LogP contribution >= 0.6 is 0 Å². The van der Waals surface area contributed by atoms with Gasteiger partial charge < -0.3 is 5.73 Å². The summed E-state index contributed by atoms with van der Waals surface area (Å²) in [5.74, 6) is 0.507. The molecule has 0 unspecified atom stereocenters. The Morgan fingerprint density at radius 2 is 2.00 bits per heavy atom. The van der Waals surface area contributed by atoms with Gasteiger partial charge in [-0.3, -0.25) is 0 Å². The van der Waals surface area contributed by atoms with E-state index in [4.69, 9.17) is 5.73 Å². The van der Waals surface area contributed by atoms with Gasteiger partial charge in [0.15, 0.2) is 0 Å². The Morgan fingerprint density at radius 1 is 1.45 bits per heavy atom. The summed E-state index contributed by atoms with van der Waals surface area (Å²) in [6.07, 6.45) is 2.87. The monoisotopic (exact) mass is 153 g/mol. The zero-order valence-corrected chi connectivity index (χ0v) is 7.33. The van der Waals surface area contributed by atoms with Crippen molar-refractivity contribution in [2.45, 2.75) is 27.2 Å². The second kappa shape index (κ2) is 5.65.